The summed E-state index contributed by atoms with van der Waals surface area (Å²) in [7, 11) is 0. The van der Waals surface area contributed by atoms with Crippen molar-refractivity contribution in [3.63, 3.8) is 0 Å². The van der Waals surface area contributed by atoms with Gasteiger partial charge in [-0.05, 0) is 49.9 Å². The van der Waals surface area contributed by atoms with Gasteiger partial charge in [-0.3, -0.25) is 0 Å². The van der Waals surface area contributed by atoms with E-state index in [4.69, 9.17) is 4.74 Å². The highest BCUT2D eigenvalue weighted by Crippen LogP contribution is 2.45. The molecule has 1 N–H and O–H groups in total. The van der Waals surface area contributed by atoms with Crippen molar-refractivity contribution in [1.29, 1.82) is 0 Å². The maximum atomic E-state index is 10.2. The Balaban J connectivity index is 1.86. The Morgan fingerprint density at radius 2 is 2.06 bits per heavy atom. The first-order valence-corrected chi connectivity index (χ1v) is 6.73. The topological polar surface area (TPSA) is 29.5 Å². The predicted molar refractivity (Wildman–Crippen MR) is 65.3 cm³/mol. The lowest BCUT2D eigenvalue weighted by molar-refractivity contribution is -0.148. The van der Waals surface area contributed by atoms with Gasteiger partial charge in [0, 0.05) is 6.61 Å². The fraction of sp³-hybridized carbons (Fsp3) is 1.00. The summed E-state index contributed by atoms with van der Waals surface area (Å²) < 4.78 is 5.92. The average molecular weight is 226 g/mol. The van der Waals surface area contributed by atoms with Crippen LogP contribution in [-0.2, 0) is 4.74 Å². The number of aliphatic hydroxyl groups excluding tert-OH is 1. The molecular weight excluding hydrogens is 200 g/mol. The minimum Gasteiger partial charge on any atom is -0.393 e. The van der Waals surface area contributed by atoms with Crippen LogP contribution in [0.5, 0.6) is 0 Å². The largest absolute Gasteiger partial charge is 0.393 e. The van der Waals surface area contributed by atoms with Crippen molar-refractivity contribution in [3.8, 4) is 0 Å². The molecule has 2 rings (SSSR count). The Hall–Kier alpha value is -0.0800. The number of rotatable bonds is 2. The van der Waals surface area contributed by atoms with Crippen molar-refractivity contribution in [2.24, 2.45) is 11.3 Å². The number of aliphatic hydroxyl groups is 1. The maximum Gasteiger partial charge on any atom is 0.0685 e. The molecular formula is C14H26O2. The van der Waals surface area contributed by atoms with Crippen LogP contribution in [0.4, 0.5) is 0 Å². The second kappa shape index (κ2) is 4.30. The Labute approximate surface area is 99.4 Å². The Morgan fingerprint density at radius 3 is 2.56 bits per heavy atom. The molecule has 1 heterocycles. The third-order valence-corrected chi connectivity index (χ3v) is 4.42. The fourth-order valence-corrected chi connectivity index (χ4v) is 2.92. The van der Waals surface area contributed by atoms with Crippen LogP contribution in [-0.4, -0.2) is 23.4 Å². The first-order valence-electron chi connectivity index (χ1n) is 6.73. The molecule has 2 heteroatoms. The lowest BCUT2D eigenvalue weighted by Gasteiger charge is -2.48. The zero-order chi connectivity index (χ0) is 11.8. The highest BCUT2D eigenvalue weighted by molar-refractivity contribution is 4.94. The summed E-state index contributed by atoms with van der Waals surface area (Å²) >= 11 is 0. The standard InChI is InChI=1S/C14H26O2/c1-13(2,3)12(15)9-11-5-8-16-14(10-11)6-4-7-14/h11-12,15H,4-10H2,1-3H3. The first kappa shape index (κ1) is 12.4. The molecule has 0 aromatic carbocycles. The Kier molecular flexibility index (Phi) is 3.33. The van der Waals surface area contributed by atoms with Gasteiger partial charge in [0.2, 0.25) is 0 Å². The lowest BCUT2D eigenvalue weighted by Crippen LogP contribution is -2.46. The molecule has 94 valence electrons. The molecule has 0 aromatic heterocycles. The fourth-order valence-electron chi connectivity index (χ4n) is 2.92. The van der Waals surface area contributed by atoms with Gasteiger partial charge in [0.1, 0.15) is 0 Å². The molecule has 1 aliphatic carbocycles. The third kappa shape index (κ3) is 2.60. The van der Waals surface area contributed by atoms with E-state index in [1.165, 1.54) is 25.7 Å². The highest BCUT2D eigenvalue weighted by Gasteiger charge is 2.43. The number of ether oxygens (including phenoxy) is 1. The van der Waals surface area contributed by atoms with Crippen LogP contribution in [0.2, 0.25) is 0 Å². The summed E-state index contributed by atoms with van der Waals surface area (Å²) in [6, 6.07) is 0. The minimum absolute atomic E-state index is 0.0189. The van der Waals surface area contributed by atoms with E-state index in [-0.39, 0.29) is 17.1 Å². The molecule has 1 aliphatic heterocycles. The predicted octanol–water partition coefficient (Wildman–Crippen LogP) is 3.13. The van der Waals surface area contributed by atoms with Crippen molar-refractivity contribution in [1.82, 2.24) is 0 Å². The van der Waals surface area contributed by atoms with E-state index in [0.29, 0.717) is 5.92 Å². The lowest BCUT2D eigenvalue weighted by atomic mass is 9.70. The summed E-state index contributed by atoms with van der Waals surface area (Å²) in [4.78, 5) is 0. The summed E-state index contributed by atoms with van der Waals surface area (Å²) in [5, 5.41) is 10.2. The van der Waals surface area contributed by atoms with Gasteiger partial charge in [-0.25, -0.2) is 0 Å². The van der Waals surface area contributed by atoms with E-state index in [2.05, 4.69) is 20.8 Å². The number of hydrogen-bond acceptors (Lipinski definition) is 2. The molecule has 0 bridgehead atoms. The van der Waals surface area contributed by atoms with Crippen molar-refractivity contribution < 1.29 is 9.84 Å². The van der Waals surface area contributed by atoms with Gasteiger partial charge >= 0.3 is 0 Å². The molecule has 1 spiro atoms. The Bertz CT molecular complexity index is 238. The molecule has 0 amide bonds. The molecule has 2 atom stereocenters. The molecule has 0 radical (unpaired) electrons. The smallest absolute Gasteiger partial charge is 0.0685 e. The van der Waals surface area contributed by atoms with E-state index in [1.807, 2.05) is 0 Å². The maximum absolute atomic E-state index is 10.2. The van der Waals surface area contributed by atoms with Crippen LogP contribution in [0.1, 0.15) is 59.3 Å². The molecule has 2 unspecified atom stereocenters. The summed E-state index contributed by atoms with van der Waals surface area (Å²) in [5.41, 5.74) is 0.242. The normalized spacial score (nSPS) is 31.1. The van der Waals surface area contributed by atoms with Gasteiger partial charge in [-0.1, -0.05) is 20.8 Å². The molecule has 1 saturated heterocycles. The van der Waals surface area contributed by atoms with Crippen LogP contribution in [0.3, 0.4) is 0 Å². The second-order valence-corrected chi connectivity index (χ2v) is 6.86. The first-order chi connectivity index (χ1) is 7.41. The van der Waals surface area contributed by atoms with Gasteiger partial charge in [-0.2, -0.15) is 0 Å². The quantitative estimate of drug-likeness (QED) is 0.784. The van der Waals surface area contributed by atoms with Gasteiger partial charge in [0.15, 0.2) is 0 Å². The third-order valence-electron chi connectivity index (χ3n) is 4.42. The monoisotopic (exact) mass is 226 g/mol. The van der Waals surface area contributed by atoms with Gasteiger partial charge in [-0.15, -0.1) is 0 Å². The van der Waals surface area contributed by atoms with E-state index in [9.17, 15) is 5.11 Å². The van der Waals surface area contributed by atoms with Gasteiger partial charge in [0.25, 0.3) is 0 Å². The molecule has 16 heavy (non-hydrogen) atoms. The SMILES string of the molecule is CC(C)(C)C(O)CC1CCOC2(CCC2)C1. The average Bonchev–Trinajstić information content (AvgIpc) is 2.14. The molecule has 2 aliphatic rings. The zero-order valence-corrected chi connectivity index (χ0v) is 11.0. The Morgan fingerprint density at radius 1 is 1.38 bits per heavy atom. The van der Waals surface area contributed by atoms with Gasteiger partial charge in [0.05, 0.1) is 11.7 Å². The van der Waals surface area contributed by atoms with E-state index >= 15 is 0 Å². The van der Waals surface area contributed by atoms with Crippen LogP contribution < -0.4 is 0 Å². The van der Waals surface area contributed by atoms with Crippen LogP contribution in [0.15, 0.2) is 0 Å². The minimum atomic E-state index is -0.173. The van der Waals surface area contributed by atoms with E-state index in [1.54, 1.807) is 0 Å². The van der Waals surface area contributed by atoms with E-state index in [0.717, 1.165) is 19.4 Å². The molecule has 2 fully saturated rings. The van der Waals surface area contributed by atoms with Crippen LogP contribution in [0, 0.1) is 11.3 Å². The summed E-state index contributed by atoms with van der Waals surface area (Å²) in [6.07, 6.45) is 6.91. The van der Waals surface area contributed by atoms with E-state index < -0.39 is 0 Å². The summed E-state index contributed by atoms with van der Waals surface area (Å²) in [5.74, 6) is 0.670. The second-order valence-electron chi connectivity index (χ2n) is 6.86. The van der Waals surface area contributed by atoms with Crippen LogP contribution in [0.25, 0.3) is 0 Å². The highest BCUT2D eigenvalue weighted by atomic mass is 16.5. The molecule has 1 saturated carbocycles. The van der Waals surface area contributed by atoms with Crippen molar-refractivity contribution in [3.05, 3.63) is 0 Å². The van der Waals surface area contributed by atoms with Crippen LogP contribution >= 0.6 is 0 Å². The molecule has 2 nitrogen and oxygen atoms in total. The van der Waals surface area contributed by atoms with Crippen molar-refractivity contribution >= 4 is 0 Å². The number of hydrogen-bond donors (Lipinski definition) is 1. The van der Waals surface area contributed by atoms with Gasteiger partial charge < -0.3 is 9.84 Å². The summed E-state index contributed by atoms with van der Waals surface area (Å²) in [6.45, 7) is 7.27. The molecule has 0 aromatic rings. The van der Waals surface area contributed by atoms with Crippen molar-refractivity contribution in [2.45, 2.75) is 71.0 Å². The zero-order valence-electron chi connectivity index (χ0n) is 11.0. The van der Waals surface area contributed by atoms with Crippen molar-refractivity contribution in [2.75, 3.05) is 6.61 Å².